The molecule has 1 aliphatic rings. The third-order valence-electron chi connectivity index (χ3n) is 2.58. The van der Waals surface area contributed by atoms with Gasteiger partial charge in [-0.3, -0.25) is 9.69 Å². The first kappa shape index (κ1) is 11.1. The van der Waals surface area contributed by atoms with E-state index in [-0.39, 0.29) is 6.10 Å². The summed E-state index contributed by atoms with van der Waals surface area (Å²) in [6, 6.07) is 0. The van der Waals surface area contributed by atoms with Gasteiger partial charge in [0.1, 0.15) is 11.9 Å². The minimum Gasteiger partial charge on any atom is -0.367 e. The quantitative estimate of drug-likeness (QED) is 0.724. The van der Waals surface area contributed by atoms with Gasteiger partial charge in [-0.2, -0.15) is 0 Å². The summed E-state index contributed by atoms with van der Waals surface area (Å²) in [5, 5.41) is 0. The third kappa shape index (κ3) is 2.59. The molecule has 1 amide bonds. The number of nitrogens with one attached hydrogen (secondary N) is 1. The number of imidazole rings is 1. The van der Waals surface area contributed by atoms with E-state index in [2.05, 4.69) is 14.9 Å². The Kier molecular flexibility index (Phi) is 3.21. The maximum absolute atomic E-state index is 11.1. The number of morpholine rings is 1. The molecule has 1 unspecified atom stereocenters. The lowest BCUT2D eigenvalue weighted by Gasteiger charge is -2.34. The van der Waals surface area contributed by atoms with Gasteiger partial charge in [-0.15, -0.1) is 0 Å². The van der Waals surface area contributed by atoms with E-state index in [0.29, 0.717) is 13.1 Å². The number of aromatic amines is 1. The number of nitrogens with zero attached hydrogens (tertiary/aromatic N) is 2. The van der Waals surface area contributed by atoms with Crippen LogP contribution in [-0.2, 0) is 16.1 Å². The Balaban J connectivity index is 1.97. The molecule has 0 saturated carbocycles. The molecule has 6 heteroatoms. The summed E-state index contributed by atoms with van der Waals surface area (Å²) < 4.78 is 5.45. The van der Waals surface area contributed by atoms with Gasteiger partial charge in [-0.05, 0) is 6.92 Å². The molecule has 3 N–H and O–H groups in total. The Labute approximate surface area is 93.8 Å². The zero-order valence-electron chi connectivity index (χ0n) is 9.22. The SMILES string of the molecule is C[C@@H]1CN(Cc2ncc[nH]2)CC(C(N)=O)O1. The second kappa shape index (κ2) is 4.63. The maximum Gasteiger partial charge on any atom is 0.247 e. The van der Waals surface area contributed by atoms with Gasteiger partial charge in [0, 0.05) is 25.5 Å². The molecule has 0 aliphatic carbocycles. The van der Waals surface area contributed by atoms with Crippen molar-refractivity contribution in [1.82, 2.24) is 14.9 Å². The highest BCUT2D eigenvalue weighted by molar-refractivity contribution is 5.79. The van der Waals surface area contributed by atoms with Gasteiger partial charge < -0.3 is 15.5 Å². The highest BCUT2D eigenvalue weighted by atomic mass is 16.5. The summed E-state index contributed by atoms with van der Waals surface area (Å²) in [5.41, 5.74) is 5.25. The topological polar surface area (TPSA) is 84.2 Å². The largest absolute Gasteiger partial charge is 0.367 e. The van der Waals surface area contributed by atoms with Gasteiger partial charge in [0.15, 0.2) is 0 Å². The van der Waals surface area contributed by atoms with E-state index in [9.17, 15) is 4.79 Å². The molecule has 1 aromatic heterocycles. The zero-order valence-corrected chi connectivity index (χ0v) is 9.22. The van der Waals surface area contributed by atoms with E-state index in [1.807, 2.05) is 6.92 Å². The Hall–Kier alpha value is -1.40. The predicted octanol–water partition coefficient (Wildman–Crippen LogP) is -0.516. The zero-order chi connectivity index (χ0) is 11.5. The van der Waals surface area contributed by atoms with E-state index in [1.165, 1.54) is 0 Å². The minimum absolute atomic E-state index is 0.0150. The Morgan fingerprint density at radius 3 is 3.19 bits per heavy atom. The summed E-state index contributed by atoms with van der Waals surface area (Å²) in [5.74, 6) is 0.480. The van der Waals surface area contributed by atoms with Crippen LogP contribution < -0.4 is 5.73 Å². The van der Waals surface area contributed by atoms with Crippen molar-refractivity contribution >= 4 is 5.91 Å². The molecule has 1 fully saturated rings. The van der Waals surface area contributed by atoms with Crippen LogP contribution in [0, 0.1) is 0 Å². The van der Waals surface area contributed by atoms with Crippen molar-refractivity contribution in [1.29, 1.82) is 0 Å². The lowest BCUT2D eigenvalue weighted by molar-refractivity contribution is -0.142. The van der Waals surface area contributed by atoms with Gasteiger partial charge in [0.2, 0.25) is 5.91 Å². The number of carbonyl (C=O) groups is 1. The number of carbonyl (C=O) groups excluding carboxylic acids is 1. The average molecular weight is 224 g/mol. The van der Waals surface area contributed by atoms with Crippen molar-refractivity contribution in [2.45, 2.75) is 25.7 Å². The summed E-state index contributed by atoms with van der Waals surface area (Å²) >= 11 is 0. The van der Waals surface area contributed by atoms with Crippen molar-refractivity contribution in [3.8, 4) is 0 Å². The van der Waals surface area contributed by atoms with Crippen LogP contribution in [0.15, 0.2) is 12.4 Å². The molecule has 2 atom stereocenters. The van der Waals surface area contributed by atoms with Crippen LogP contribution in [0.5, 0.6) is 0 Å². The lowest BCUT2D eigenvalue weighted by atomic mass is 10.2. The maximum atomic E-state index is 11.1. The van der Waals surface area contributed by atoms with Crippen LogP contribution >= 0.6 is 0 Å². The Morgan fingerprint density at radius 2 is 2.56 bits per heavy atom. The number of H-pyrrole nitrogens is 1. The number of hydrogen-bond donors (Lipinski definition) is 2. The Bertz CT molecular complexity index is 352. The van der Waals surface area contributed by atoms with Gasteiger partial charge in [0.05, 0.1) is 12.6 Å². The predicted molar refractivity (Wildman–Crippen MR) is 57.4 cm³/mol. The van der Waals surface area contributed by atoms with Crippen molar-refractivity contribution in [2.24, 2.45) is 5.73 Å². The number of ether oxygens (including phenoxy) is 1. The fraction of sp³-hybridized carbons (Fsp3) is 0.600. The number of rotatable bonds is 3. The standard InChI is InChI=1S/C10H16N4O2/c1-7-4-14(5-8(16-7)10(11)15)6-9-12-2-3-13-9/h2-3,7-8H,4-6H2,1H3,(H2,11,15)(H,12,13)/t7-,8?/m1/s1. The van der Waals surface area contributed by atoms with Crippen LogP contribution in [0.25, 0.3) is 0 Å². The molecule has 2 rings (SSSR count). The molecule has 1 saturated heterocycles. The van der Waals surface area contributed by atoms with Crippen LogP contribution in [0.1, 0.15) is 12.7 Å². The molecule has 88 valence electrons. The molecule has 0 radical (unpaired) electrons. The van der Waals surface area contributed by atoms with Crippen molar-refractivity contribution < 1.29 is 9.53 Å². The van der Waals surface area contributed by atoms with Gasteiger partial charge in [0.25, 0.3) is 0 Å². The summed E-state index contributed by atoms with van der Waals surface area (Å²) in [4.78, 5) is 20.4. The van der Waals surface area contributed by atoms with Crippen LogP contribution in [0.4, 0.5) is 0 Å². The molecular formula is C10H16N4O2. The van der Waals surface area contributed by atoms with E-state index in [4.69, 9.17) is 10.5 Å². The summed E-state index contributed by atoms with van der Waals surface area (Å²) in [6.45, 7) is 3.93. The van der Waals surface area contributed by atoms with E-state index in [0.717, 1.165) is 12.4 Å². The minimum atomic E-state index is -0.515. The molecule has 1 aliphatic heterocycles. The number of amides is 1. The molecule has 0 bridgehead atoms. The first-order valence-corrected chi connectivity index (χ1v) is 5.30. The molecule has 2 heterocycles. The molecule has 16 heavy (non-hydrogen) atoms. The molecule has 1 aromatic rings. The number of hydrogen-bond acceptors (Lipinski definition) is 4. The normalized spacial score (nSPS) is 26.8. The van der Waals surface area contributed by atoms with Crippen molar-refractivity contribution in [3.05, 3.63) is 18.2 Å². The highest BCUT2D eigenvalue weighted by Crippen LogP contribution is 2.12. The molecule has 6 nitrogen and oxygen atoms in total. The van der Waals surface area contributed by atoms with Crippen LogP contribution in [-0.4, -0.2) is 46.1 Å². The average Bonchev–Trinajstić information content (AvgIpc) is 2.69. The molecule has 0 aromatic carbocycles. The fourth-order valence-corrected chi connectivity index (χ4v) is 1.92. The number of aromatic nitrogens is 2. The van der Waals surface area contributed by atoms with E-state index < -0.39 is 12.0 Å². The fourth-order valence-electron chi connectivity index (χ4n) is 1.92. The first-order valence-electron chi connectivity index (χ1n) is 5.30. The van der Waals surface area contributed by atoms with E-state index in [1.54, 1.807) is 12.4 Å². The van der Waals surface area contributed by atoms with Crippen molar-refractivity contribution in [2.75, 3.05) is 13.1 Å². The van der Waals surface area contributed by atoms with E-state index >= 15 is 0 Å². The van der Waals surface area contributed by atoms with Gasteiger partial charge >= 0.3 is 0 Å². The monoisotopic (exact) mass is 224 g/mol. The third-order valence-corrected chi connectivity index (χ3v) is 2.58. The summed E-state index contributed by atoms with van der Waals surface area (Å²) in [6.07, 6.45) is 3.00. The van der Waals surface area contributed by atoms with Crippen molar-refractivity contribution in [3.63, 3.8) is 0 Å². The van der Waals surface area contributed by atoms with Crippen LogP contribution in [0.2, 0.25) is 0 Å². The molecule has 0 spiro atoms. The molecular weight excluding hydrogens is 208 g/mol. The first-order chi connectivity index (χ1) is 7.65. The highest BCUT2D eigenvalue weighted by Gasteiger charge is 2.28. The van der Waals surface area contributed by atoms with Gasteiger partial charge in [-0.1, -0.05) is 0 Å². The second-order valence-corrected chi connectivity index (χ2v) is 4.07. The number of nitrogens with two attached hydrogens (primary N) is 1. The Morgan fingerprint density at radius 1 is 1.75 bits per heavy atom. The summed E-state index contributed by atoms with van der Waals surface area (Å²) in [7, 11) is 0. The van der Waals surface area contributed by atoms with Gasteiger partial charge in [-0.25, -0.2) is 4.98 Å². The lowest BCUT2D eigenvalue weighted by Crippen LogP contribution is -2.51. The van der Waals surface area contributed by atoms with Crippen LogP contribution in [0.3, 0.4) is 0 Å². The second-order valence-electron chi connectivity index (χ2n) is 4.07. The smallest absolute Gasteiger partial charge is 0.247 e. The number of primary amides is 1.